The van der Waals surface area contributed by atoms with Crippen LogP contribution < -0.4 is 4.90 Å². The van der Waals surface area contributed by atoms with Gasteiger partial charge in [-0.05, 0) is 17.5 Å². The van der Waals surface area contributed by atoms with Crippen LogP contribution in [0, 0.1) is 10.1 Å². The first kappa shape index (κ1) is 16.5. The molecule has 1 fully saturated rings. The number of rotatable bonds is 3. The Balaban J connectivity index is 1.73. The Morgan fingerprint density at radius 2 is 1.88 bits per heavy atom. The van der Waals surface area contributed by atoms with Crippen LogP contribution in [0.15, 0.2) is 63.9 Å². The van der Waals surface area contributed by atoms with E-state index in [2.05, 4.69) is 0 Å². The minimum Gasteiger partial charge on any atom is -0.401 e. The monoisotopic (exact) mass is 382 g/mol. The summed E-state index contributed by atoms with van der Waals surface area (Å²) in [6.45, 7) is 0. The fourth-order valence-corrected chi connectivity index (χ4v) is 3.99. The van der Waals surface area contributed by atoms with Crippen molar-refractivity contribution in [3.05, 3.63) is 75.4 Å². The highest BCUT2D eigenvalue weighted by Crippen LogP contribution is 2.39. The molecule has 3 aromatic rings. The zero-order valence-electron chi connectivity index (χ0n) is 13.1. The Hall–Kier alpha value is -2.97. The number of furan rings is 1. The first-order valence-electron chi connectivity index (χ1n) is 7.54. The molecule has 0 atom stereocenters. The van der Waals surface area contributed by atoms with Crippen molar-refractivity contribution in [3.63, 3.8) is 0 Å². The Morgan fingerprint density at radius 1 is 1.12 bits per heavy atom. The van der Waals surface area contributed by atoms with E-state index in [1.165, 1.54) is 23.1 Å². The van der Waals surface area contributed by atoms with Crippen LogP contribution in [0.5, 0.6) is 0 Å². The molecular formula is C18H10N2O4S2. The predicted octanol–water partition coefficient (Wildman–Crippen LogP) is 4.75. The summed E-state index contributed by atoms with van der Waals surface area (Å²) in [7, 11) is 0. The second-order valence-electron chi connectivity index (χ2n) is 5.45. The van der Waals surface area contributed by atoms with Crippen molar-refractivity contribution in [1.82, 2.24) is 0 Å². The van der Waals surface area contributed by atoms with Gasteiger partial charge in [0.05, 0.1) is 16.7 Å². The van der Waals surface area contributed by atoms with Crippen LogP contribution >= 0.6 is 24.0 Å². The van der Waals surface area contributed by atoms with Crippen molar-refractivity contribution in [2.45, 2.75) is 0 Å². The molecule has 128 valence electrons. The van der Waals surface area contributed by atoms with E-state index in [0.29, 0.717) is 14.9 Å². The summed E-state index contributed by atoms with van der Waals surface area (Å²) in [6, 6.07) is 16.1. The molecule has 26 heavy (non-hydrogen) atoms. The average Bonchev–Trinajstić information content (AvgIpc) is 3.20. The molecule has 2 aromatic carbocycles. The highest BCUT2D eigenvalue weighted by atomic mass is 32.2. The van der Waals surface area contributed by atoms with Crippen molar-refractivity contribution in [3.8, 4) is 0 Å². The van der Waals surface area contributed by atoms with Crippen LogP contribution in [0.25, 0.3) is 16.8 Å². The first-order chi connectivity index (χ1) is 12.5. The lowest BCUT2D eigenvalue weighted by Gasteiger charge is -2.17. The smallest absolute Gasteiger partial charge is 0.401 e. The van der Waals surface area contributed by atoms with Crippen molar-refractivity contribution in [1.29, 1.82) is 0 Å². The van der Waals surface area contributed by atoms with Gasteiger partial charge in [-0.3, -0.25) is 19.8 Å². The molecule has 1 saturated heterocycles. The number of thiocarbonyl (C=S) groups is 1. The lowest BCUT2D eigenvalue weighted by molar-refractivity contribution is -0.402. The van der Waals surface area contributed by atoms with Crippen molar-refractivity contribution < 1.29 is 14.1 Å². The summed E-state index contributed by atoms with van der Waals surface area (Å²) in [5.74, 6) is -0.425. The van der Waals surface area contributed by atoms with E-state index in [1.54, 1.807) is 0 Å². The number of nitrogens with zero attached hydrogens (tertiary/aromatic N) is 2. The van der Waals surface area contributed by atoms with Crippen LogP contribution in [-0.2, 0) is 4.79 Å². The lowest BCUT2D eigenvalue weighted by Crippen LogP contribution is -2.27. The van der Waals surface area contributed by atoms with Crippen LogP contribution in [-0.4, -0.2) is 15.2 Å². The third-order valence-corrected chi connectivity index (χ3v) is 5.17. The highest BCUT2D eigenvalue weighted by molar-refractivity contribution is 8.27. The topological polar surface area (TPSA) is 76.6 Å². The zero-order chi connectivity index (χ0) is 18.3. The normalized spacial score (nSPS) is 16.0. The van der Waals surface area contributed by atoms with E-state index < -0.39 is 4.92 Å². The largest absolute Gasteiger partial charge is 0.433 e. The standard InChI is InChI=1S/C18H10N2O4S2/c21-17-15(10-12-8-9-16(24-12)20(22)23)26-18(25)19(17)14-7-3-5-11-4-1-2-6-13(11)14/h1-10H/b15-10-. The maximum absolute atomic E-state index is 12.9. The molecule has 0 aliphatic carbocycles. The Labute approximate surface area is 157 Å². The van der Waals surface area contributed by atoms with Gasteiger partial charge in [0.1, 0.15) is 10.7 Å². The van der Waals surface area contributed by atoms with Gasteiger partial charge < -0.3 is 4.42 Å². The van der Waals surface area contributed by atoms with Gasteiger partial charge in [0.2, 0.25) is 0 Å². The fourth-order valence-electron chi connectivity index (χ4n) is 2.73. The number of amides is 1. The molecular weight excluding hydrogens is 372 g/mol. The van der Waals surface area contributed by atoms with Gasteiger partial charge in [-0.15, -0.1) is 0 Å². The molecule has 0 bridgehead atoms. The Bertz CT molecular complexity index is 1100. The summed E-state index contributed by atoms with van der Waals surface area (Å²) >= 11 is 6.53. The number of nitro groups is 1. The minimum atomic E-state index is -0.626. The molecule has 0 N–H and O–H groups in total. The van der Waals surface area contributed by atoms with E-state index in [-0.39, 0.29) is 17.6 Å². The summed E-state index contributed by atoms with van der Waals surface area (Å²) in [5.41, 5.74) is 0.708. The number of hydrogen-bond acceptors (Lipinski definition) is 6. The molecule has 0 unspecified atom stereocenters. The summed E-state index contributed by atoms with van der Waals surface area (Å²) < 4.78 is 5.50. The molecule has 0 saturated carbocycles. The quantitative estimate of drug-likeness (QED) is 0.282. The predicted molar refractivity (Wildman–Crippen MR) is 105 cm³/mol. The number of thioether (sulfide) groups is 1. The summed E-state index contributed by atoms with van der Waals surface area (Å²) in [4.78, 5) is 24.8. The van der Waals surface area contributed by atoms with Gasteiger partial charge in [-0.25, -0.2) is 0 Å². The molecule has 1 amide bonds. The van der Waals surface area contributed by atoms with E-state index >= 15 is 0 Å². The van der Waals surface area contributed by atoms with Crippen molar-refractivity contribution in [2.24, 2.45) is 0 Å². The fraction of sp³-hybridized carbons (Fsp3) is 0. The van der Waals surface area contributed by atoms with E-state index in [1.807, 2.05) is 42.5 Å². The average molecular weight is 382 g/mol. The number of fused-ring (bicyclic) bond motifs is 1. The highest BCUT2D eigenvalue weighted by Gasteiger charge is 2.34. The van der Waals surface area contributed by atoms with Crippen LogP contribution in [0.2, 0.25) is 0 Å². The van der Waals surface area contributed by atoms with Crippen molar-refractivity contribution in [2.75, 3.05) is 4.90 Å². The Morgan fingerprint density at radius 3 is 2.65 bits per heavy atom. The molecule has 1 aliphatic heterocycles. The number of hydrogen-bond donors (Lipinski definition) is 0. The van der Waals surface area contributed by atoms with E-state index in [0.717, 1.165) is 22.5 Å². The van der Waals surface area contributed by atoms with Gasteiger partial charge in [-0.1, -0.05) is 60.4 Å². The van der Waals surface area contributed by atoms with Crippen LogP contribution in [0.3, 0.4) is 0 Å². The van der Waals surface area contributed by atoms with E-state index in [4.69, 9.17) is 16.6 Å². The second-order valence-corrected chi connectivity index (χ2v) is 7.12. The number of carbonyl (C=O) groups is 1. The minimum absolute atomic E-state index is 0.232. The maximum Gasteiger partial charge on any atom is 0.433 e. The molecule has 1 aliphatic rings. The summed E-state index contributed by atoms with van der Waals surface area (Å²) in [6.07, 6.45) is 1.47. The van der Waals surface area contributed by atoms with Gasteiger partial charge in [0.15, 0.2) is 4.32 Å². The third-order valence-electron chi connectivity index (χ3n) is 3.87. The van der Waals surface area contributed by atoms with E-state index in [9.17, 15) is 14.9 Å². The molecule has 0 spiro atoms. The first-order valence-corrected chi connectivity index (χ1v) is 8.77. The van der Waals surface area contributed by atoms with Crippen LogP contribution in [0.1, 0.15) is 5.76 Å². The van der Waals surface area contributed by atoms with Crippen molar-refractivity contribution >= 4 is 62.6 Å². The molecule has 1 aromatic heterocycles. The third kappa shape index (κ3) is 2.79. The van der Waals surface area contributed by atoms with Gasteiger partial charge in [0, 0.05) is 11.5 Å². The lowest BCUT2D eigenvalue weighted by atomic mass is 10.1. The molecule has 8 heteroatoms. The molecule has 6 nitrogen and oxygen atoms in total. The molecule has 2 heterocycles. The van der Waals surface area contributed by atoms with Gasteiger partial charge in [0.25, 0.3) is 5.91 Å². The number of anilines is 1. The van der Waals surface area contributed by atoms with Crippen LogP contribution in [0.4, 0.5) is 11.6 Å². The SMILES string of the molecule is O=C1/C(=C/c2ccc([N+](=O)[O-])o2)SC(=S)N1c1cccc2ccccc12. The number of carbonyl (C=O) groups excluding carboxylic acids is 1. The second kappa shape index (κ2) is 6.40. The van der Waals surface area contributed by atoms with Gasteiger partial charge >= 0.3 is 5.88 Å². The Kier molecular flexibility index (Phi) is 4.06. The summed E-state index contributed by atoms with van der Waals surface area (Å²) in [5, 5.41) is 12.6. The molecule has 4 rings (SSSR count). The molecule has 0 radical (unpaired) electrons. The maximum atomic E-state index is 12.9. The van der Waals surface area contributed by atoms with Gasteiger partial charge in [-0.2, -0.15) is 0 Å². The number of benzene rings is 2. The zero-order valence-corrected chi connectivity index (χ0v) is 14.8.